The molecule has 0 saturated carbocycles. The summed E-state index contributed by atoms with van der Waals surface area (Å²) < 4.78 is -0.683. The van der Waals surface area contributed by atoms with Crippen LogP contribution in [0.2, 0.25) is 0 Å². The molecule has 0 bridgehead atoms. The molecule has 0 unspecified atom stereocenters. The summed E-state index contributed by atoms with van der Waals surface area (Å²) in [6.45, 7) is 0. The summed E-state index contributed by atoms with van der Waals surface area (Å²) in [5, 5.41) is 9.87. The van der Waals surface area contributed by atoms with Crippen molar-refractivity contribution < 1.29 is 4.92 Å². The average molecular weight is 316 g/mol. The van der Waals surface area contributed by atoms with E-state index in [1.807, 2.05) is 0 Å². The van der Waals surface area contributed by atoms with Crippen LogP contribution < -0.4 is 0 Å². The number of nitro groups is 1. The zero-order valence-corrected chi connectivity index (χ0v) is 9.76. The van der Waals surface area contributed by atoms with E-state index in [-0.39, 0.29) is 3.94 Å². The molecular weight excluding hydrogens is 316 g/mol. The van der Waals surface area contributed by atoms with Crippen molar-refractivity contribution in [2.45, 2.75) is 0 Å². The molecule has 0 saturated heterocycles. The van der Waals surface area contributed by atoms with Crippen molar-refractivity contribution in [1.82, 2.24) is 0 Å². The molecule has 0 aliphatic carbocycles. The molecule has 0 N–H and O–H groups in total. The molecule has 0 aromatic heterocycles. The van der Waals surface area contributed by atoms with Crippen LogP contribution in [0.4, 0.5) is 0 Å². The molecule has 3 nitrogen and oxygen atoms in total. The van der Waals surface area contributed by atoms with Crippen LogP contribution in [-0.4, -0.2) is 4.92 Å². The predicted octanol–water partition coefficient (Wildman–Crippen LogP) is 3.95. The second-order valence-electron chi connectivity index (χ2n) is 1.44. The molecule has 0 spiro atoms. The zero-order chi connectivity index (χ0) is 9.89. The Balaban J connectivity index is 5.21. The number of allylic oxidation sites excluding steroid dienone is 1. The largest absolute Gasteiger partial charge is 0.315 e. The van der Waals surface area contributed by atoms with E-state index in [2.05, 4.69) is 15.9 Å². The van der Waals surface area contributed by atoms with Crippen LogP contribution in [0, 0.1) is 10.1 Å². The molecule has 0 aliphatic rings. The van der Waals surface area contributed by atoms with Crippen LogP contribution in [0.3, 0.4) is 0 Å². The quantitative estimate of drug-likeness (QED) is 0.440. The average Bonchev–Trinajstić information content (AvgIpc) is 1.85. The number of rotatable bonds is 2. The van der Waals surface area contributed by atoms with Gasteiger partial charge in [0.15, 0.2) is 8.97 Å². The van der Waals surface area contributed by atoms with Crippen molar-refractivity contribution in [2.24, 2.45) is 0 Å². The third-order valence-electron chi connectivity index (χ3n) is 0.735. The van der Waals surface area contributed by atoms with Gasteiger partial charge in [-0.25, -0.2) is 0 Å². The molecule has 0 rings (SSSR count). The highest BCUT2D eigenvalue weighted by molar-refractivity contribution is 9.12. The van der Waals surface area contributed by atoms with Gasteiger partial charge in [-0.05, 0) is 15.9 Å². The van der Waals surface area contributed by atoms with Gasteiger partial charge in [0, 0.05) is 0 Å². The molecule has 0 fully saturated rings. The summed E-state index contributed by atoms with van der Waals surface area (Å²) in [6.07, 6.45) is 0. The molecule has 0 atom stereocenters. The smallest absolute Gasteiger partial charge is 0.258 e. The Morgan fingerprint density at radius 3 is 1.75 bits per heavy atom. The normalized spacial score (nSPS) is 12.1. The number of halogens is 5. The Hall–Kier alpha value is 0.520. The Kier molecular flexibility index (Phi) is 5.52. The van der Waals surface area contributed by atoms with Gasteiger partial charge in [-0.3, -0.25) is 10.1 Å². The maximum atomic E-state index is 10.3. The van der Waals surface area contributed by atoms with Crippen LogP contribution in [0.1, 0.15) is 0 Å². The molecule has 8 heteroatoms. The van der Waals surface area contributed by atoms with E-state index in [1.54, 1.807) is 0 Å². The minimum Gasteiger partial charge on any atom is -0.258 e. The van der Waals surface area contributed by atoms with E-state index in [1.165, 1.54) is 0 Å². The Morgan fingerprint density at radius 1 is 1.25 bits per heavy atom. The van der Waals surface area contributed by atoms with E-state index in [0.717, 1.165) is 0 Å². The van der Waals surface area contributed by atoms with Gasteiger partial charge in [-0.2, -0.15) is 0 Å². The first-order chi connectivity index (χ1) is 5.37. The van der Waals surface area contributed by atoms with Crippen molar-refractivity contribution in [3.8, 4) is 0 Å². The van der Waals surface area contributed by atoms with Crippen LogP contribution >= 0.6 is 62.3 Å². The Morgan fingerprint density at radius 2 is 1.67 bits per heavy atom. The molecule has 12 heavy (non-hydrogen) atoms. The third-order valence-corrected chi connectivity index (χ3v) is 2.23. The summed E-state index contributed by atoms with van der Waals surface area (Å²) >= 11 is 23.8. The molecule has 0 radical (unpaired) electrons. The fourth-order valence-electron chi connectivity index (χ4n) is 0.322. The fourth-order valence-corrected chi connectivity index (χ4v) is 1.33. The van der Waals surface area contributed by atoms with E-state index in [0.29, 0.717) is 0 Å². The predicted molar refractivity (Wildman–Crippen MR) is 53.4 cm³/mol. The zero-order valence-electron chi connectivity index (χ0n) is 5.15. The summed E-state index contributed by atoms with van der Waals surface area (Å²) in [6, 6.07) is 0. The molecule has 0 amide bonds. The van der Waals surface area contributed by atoms with E-state index < -0.39 is 20.1 Å². The van der Waals surface area contributed by atoms with Crippen LogP contribution in [0.25, 0.3) is 0 Å². The first-order valence-corrected chi connectivity index (χ1v) is 4.59. The molecule has 0 heterocycles. The van der Waals surface area contributed by atoms with Gasteiger partial charge in [0.05, 0.1) is 4.92 Å². The second-order valence-corrected chi connectivity index (χ2v) is 4.40. The van der Waals surface area contributed by atoms with Crippen LogP contribution in [-0.2, 0) is 0 Å². The third kappa shape index (κ3) is 3.49. The van der Waals surface area contributed by atoms with E-state index >= 15 is 0 Å². The van der Waals surface area contributed by atoms with E-state index in [4.69, 9.17) is 46.4 Å². The van der Waals surface area contributed by atoms with Gasteiger partial charge in [0.2, 0.25) is 0 Å². The van der Waals surface area contributed by atoms with Gasteiger partial charge in [0.25, 0.3) is 0 Å². The summed E-state index contributed by atoms with van der Waals surface area (Å²) in [4.78, 5) is 9.48. The lowest BCUT2D eigenvalue weighted by Gasteiger charge is -1.95. The highest BCUT2D eigenvalue weighted by atomic mass is 79.9. The number of hydrogen-bond donors (Lipinski definition) is 0. The highest BCUT2D eigenvalue weighted by Gasteiger charge is 2.22. The van der Waals surface area contributed by atoms with Gasteiger partial charge in [-0.1, -0.05) is 46.4 Å². The van der Waals surface area contributed by atoms with Crippen molar-refractivity contribution in [1.29, 1.82) is 0 Å². The van der Waals surface area contributed by atoms with Crippen molar-refractivity contribution in [3.05, 3.63) is 29.3 Å². The van der Waals surface area contributed by atoms with E-state index in [9.17, 15) is 10.1 Å². The molecule has 0 aliphatic heterocycles. The van der Waals surface area contributed by atoms with Crippen molar-refractivity contribution >= 4 is 62.3 Å². The van der Waals surface area contributed by atoms with Crippen LogP contribution in [0.15, 0.2) is 19.2 Å². The standard InChI is InChI=1S/C4BrCl4NO2/c5-3(7)2(10(11)12)1(6)4(8)9/b3-2+. The van der Waals surface area contributed by atoms with Gasteiger partial charge >= 0.3 is 5.70 Å². The lowest BCUT2D eigenvalue weighted by molar-refractivity contribution is -0.419. The maximum Gasteiger partial charge on any atom is 0.315 e. The topological polar surface area (TPSA) is 43.1 Å². The lowest BCUT2D eigenvalue weighted by atomic mass is 10.5. The first-order valence-electron chi connectivity index (χ1n) is 2.28. The fraction of sp³-hybridized carbons (Fsp3) is 0. The van der Waals surface area contributed by atoms with Gasteiger partial charge < -0.3 is 0 Å². The summed E-state index contributed by atoms with van der Waals surface area (Å²) in [5.74, 6) is 0. The minimum atomic E-state index is -0.801. The molecule has 0 aromatic carbocycles. The first kappa shape index (κ1) is 12.5. The minimum absolute atomic E-state index is 0.267. The second kappa shape index (κ2) is 5.29. The Labute approximate surface area is 96.2 Å². The number of hydrogen-bond acceptors (Lipinski definition) is 2. The van der Waals surface area contributed by atoms with Crippen molar-refractivity contribution in [2.75, 3.05) is 0 Å². The molecular formula is C4BrCl4NO2. The monoisotopic (exact) mass is 313 g/mol. The Bertz CT molecular complexity index is 266. The highest BCUT2D eigenvalue weighted by Crippen LogP contribution is 2.30. The molecule has 68 valence electrons. The van der Waals surface area contributed by atoms with Crippen molar-refractivity contribution in [3.63, 3.8) is 0 Å². The van der Waals surface area contributed by atoms with Gasteiger partial charge in [0.1, 0.15) is 4.49 Å². The summed E-state index contributed by atoms with van der Waals surface area (Å²) in [7, 11) is 0. The summed E-state index contributed by atoms with van der Waals surface area (Å²) in [5.41, 5.74) is -0.571. The maximum absolute atomic E-state index is 10.3. The van der Waals surface area contributed by atoms with Gasteiger partial charge in [-0.15, -0.1) is 0 Å². The SMILES string of the molecule is O=[N+]([O-])/C(C(Cl)=C(Cl)Cl)=C(/Cl)Br. The van der Waals surface area contributed by atoms with Crippen LogP contribution in [0.5, 0.6) is 0 Å². The lowest BCUT2D eigenvalue weighted by Crippen LogP contribution is -1.99. The number of nitrogens with zero attached hydrogens (tertiary/aromatic N) is 1. The molecule has 0 aromatic rings.